The van der Waals surface area contributed by atoms with Gasteiger partial charge >= 0.3 is 0 Å². The fourth-order valence-corrected chi connectivity index (χ4v) is 9.90. The fraction of sp³-hybridized carbons (Fsp3) is 0.0333. The fourth-order valence-electron chi connectivity index (χ4n) is 9.90. The SMILES string of the molecule is C1=C(c2ccccc2)C=C(n2c3ccccc3c3cc(-c4ccc5c(c4)c4ccccc4n5-c4cc(-c5ccccc5)cc(-c5ccccc5)c4)ccc32)CC1c1ccccc1. The molecule has 0 amide bonds. The number of benzene rings is 9. The summed E-state index contributed by atoms with van der Waals surface area (Å²) in [6, 6.07) is 82.1. The highest BCUT2D eigenvalue weighted by Crippen LogP contribution is 2.43. The molecule has 0 radical (unpaired) electrons. The van der Waals surface area contributed by atoms with Crippen molar-refractivity contribution in [1.29, 1.82) is 0 Å². The molecule has 1 atom stereocenters. The minimum Gasteiger partial charge on any atom is -0.313 e. The summed E-state index contributed by atoms with van der Waals surface area (Å²) in [4.78, 5) is 0. The molecule has 292 valence electrons. The number of para-hydroxylation sites is 2. The van der Waals surface area contributed by atoms with E-state index in [1.807, 2.05) is 0 Å². The van der Waals surface area contributed by atoms with Crippen LogP contribution >= 0.6 is 0 Å². The van der Waals surface area contributed by atoms with Crippen LogP contribution in [0.1, 0.15) is 23.5 Å². The standard InChI is InChI=1S/C60H42N2/c1-5-17-41(18-6-1)47-33-48(42-19-7-2-8-20-42)36-51(35-47)61-57-27-15-13-25-53(57)55-39-45(29-31-59(55)61)46-30-32-60-56(40-46)54-26-14-16-28-58(54)62(60)52-37-49(43-21-9-3-10-22-43)34-50(38-52)44-23-11-4-12-24-44/h1-37,39-40,50H,38H2. The van der Waals surface area contributed by atoms with Gasteiger partial charge in [-0.05, 0) is 117 Å². The Balaban J connectivity index is 1.00. The van der Waals surface area contributed by atoms with E-state index in [1.54, 1.807) is 0 Å². The van der Waals surface area contributed by atoms with E-state index in [4.69, 9.17) is 0 Å². The molecule has 12 rings (SSSR count). The van der Waals surface area contributed by atoms with Crippen molar-refractivity contribution < 1.29 is 0 Å². The molecule has 2 aromatic heterocycles. The van der Waals surface area contributed by atoms with E-state index in [-0.39, 0.29) is 5.92 Å². The van der Waals surface area contributed by atoms with E-state index in [0.29, 0.717) is 0 Å². The van der Waals surface area contributed by atoms with E-state index >= 15 is 0 Å². The molecule has 0 N–H and O–H groups in total. The molecule has 0 aliphatic heterocycles. The van der Waals surface area contributed by atoms with Gasteiger partial charge in [-0.15, -0.1) is 0 Å². The predicted molar refractivity (Wildman–Crippen MR) is 263 cm³/mol. The topological polar surface area (TPSA) is 9.86 Å². The first kappa shape index (κ1) is 36.0. The number of aromatic nitrogens is 2. The minimum absolute atomic E-state index is 0.265. The zero-order valence-electron chi connectivity index (χ0n) is 34.2. The van der Waals surface area contributed by atoms with Crippen LogP contribution in [0.25, 0.3) is 93.9 Å². The highest BCUT2D eigenvalue weighted by atomic mass is 15.0. The summed E-state index contributed by atoms with van der Waals surface area (Å²) in [5.74, 6) is 0.265. The molecule has 11 aromatic rings. The first-order valence-corrected chi connectivity index (χ1v) is 21.6. The van der Waals surface area contributed by atoms with E-state index in [1.165, 1.54) is 99.4 Å². The van der Waals surface area contributed by atoms with Crippen molar-refractivity contribution in [3.63, 3.8) is 0 Å². The molecule has 0 saturated carbocycles. The first-order chi connectivity index (χ1) is 30.7. The lowest BCUT2D eigenvalue weighted by molar-refractivity contribution is 0.840. The van der Waals surface area contributed by atoms with Crippen LogP contribution in [0.15, 0.2) is 237 Å². The summed E-state index contributed by atoms with van der Waals surface area (Å²) in [7, 11) is 0. The molecule has 1 aliphatic rings. The number of fused-ring (bicyclic) bond motifs is 6. The van der Waals surface area contributed by atoms with Gasteiger partial charge in [-0.2, -0.15) is 0 Å². The van der Waals surface area contributed by atoms with Gasteiger partial charge in [0.05, 0.1) is 22.1 Å². The Labute approximate surface area is 361 Å². The zero-order chi connectivity index (χ0) is 41.0. The second-order valence-electron chi connectivity index (χ2n) is 16.5. The van der Waals surface area contributed by atoms with Crippen LogP contribution in [0.2, 0.25) is 0 Å². The van der Waals surface area contributed by atoms with E-state index in [9.17, 15) is 0 Å². The number of hydrogen-bond acceptors (Lipinski definition) is 0. The second kappa shape index (κ2) is 15.0. The summed E-state index contributed by atoms with van der Waals surface area (Å²) in [6.07, 6.45) is 5.78. The highest BCUT2D eigenvalue weighted by Gasteiger charge is 2.23. The Morgan fingerprint density at radius 2 is 0.774 bits per heavy atom. The van der Waals surface area contributed by atoms with Crippen molar-refractivity contribution >= 4 is 54.9 Å². The van der Waals surface area contributed by atoms with Crippen molar-refractivity contribution in [2.75, 3.05) is 0 Å². The van der Waals surface area contributed by atoms with E-state index in [2.05, 4.69) is 246 Å². The second-order valence-corrected chi connectivity index (χ2v) is 16.5. The Morgan fingerprint density at radius 3 is 1.34 bits per heavy atom. The van der Waals surface area contributed by atoms with Gasteiger partial charge in [-0.1, -0.05) is 176 Å². The van der Waals surface area contributed by atoms with Crippen molar-refractivity contribution in [1.82, 2.24) is 9.13 Å². The van der Waals surface area contributed by atoms with Gasteiger partial charge in [0.15, 0.2) is 0 Å². The summed E-state index contributed by atoms with van der Waals surface area (Å²) in [6.45, 7) is 0. The summed E-state index contributed by atoms with van der Waals surface area (Å²) in [5, 5.41) is 5.02. The third-order valence-electron chi connectivity index (χ3n) is 12.8. The molecule has 2 heterocycles. The predicted octanol–water partition coefficient (Wildman–Crippen LogP) is 16.0. The smallest absolute Gasteiger partial charge is 0.0541 e. The molecule has 62 heavy (non-hydrogen) atoms. The monoisotopic (exact) mass is 790 g/mol. The van der Waals surface area contributed by atoms with Crippen LogP contribution in [-0.2, 0) is 0 Å². The molecule has 2 nitrogen and oxygen atoms in total. The van der Waals surface area contributed by atoms with Gasteiger partial charge in [0.25, 0.3) is 0 Å². The van der Waals surface area contributed by atoms with Gasteiger partial charge in [-0.3, -0.25) is 0 Å². The minimum atomic E-state index is 0.265. The lowest BCUT2D eigenvalue weighted by Gasteiger charge is -2.24. The van der Waals surface area contributed by atoms with Crippen molar-refractivity contribution in [3.05, 3.63) is 248 Å². The quantitative estimate of drug-likeness (QED) is 0.152. The van der Waals surface area contributed by atoms with Gasteiger partial charge in [0.2, 0.25) is 0 Å². The Morgan fingerprint density at radius 1 is 0.323 bits per heavy atom. The number of hydrogen-bond donors (Lipinski definition) is 0. The van der Waals surface area contributed by atoms with Crippen LogP contribution < -0.4 is 0 Å². The molecule has 1 aliphatic carbocycles. The third kappa shape index (κ3) is 6.19. The van der Waals surface area contributed by atoms with Crippen LogP contribution in [0.5, 0.6) is 0 Å². The third-order valence-corrected chi connectivity index (χ3v) is 12.8. The zero-order valence-corrected chi connectivity index (χ0v) is 34.2. The highest BCUT2D eigenvalue weighted by molar-refractivity contribution is 6.13. The normalized spacial score (nSPS) is 14.1. The molecule has 1 unspecified atom stereocenters. The van der Waals surface area contributed by atoms with Gasteiger partial charge < -0.3 is 9.13 Å². The maximum Gasteiger partial charge on any atom is 0.0541 e. The van der Waals surface area contributed by atoms with Gasteiger partial charge in [0.1, 0.15) is 0 Å². The van der Waals surface area contributed by atoms with Crippen LogP contribution in [-0.4, -0.2) is 9.13 Å². The summed E-state index contributed by atoms with van der Waals surface area (Å²) >= 11 is 0. The Hall–Kier alpha value is -7.94. The Kier molecular flexibility index (Phi) is 8.67. The van der Waals surface area contributed by atoms with Crippen LogP contribution in [0, 0.1) is 0 Å². The van der Waals surface area contributed by atoms with Crippen LogP contribution in [0.3, 0.4) is 0 Å². The molecular formula is C60H42N2. The maximum absolute atomic E-state index is 2.52. The number of allylic oxidation sites excluding steroid dienone is 4. The number of nitrogens with zero attached hydrogens (tertiary/aromatic N) is 2. The molecule has 2 heteroatoms. The molecule has 9 aromatic carbocycles. The molecular weight excluding hydrogens is 749 g/mol. The van der Waals surface area contributed by atoms with E-state index in [0.717, 1.165) is 12.1 Å². The molecule has 0 saturated heterocycles. The largest absolute Gasteiger partial charge is 0.313 e. The van der Waals surface area contributed by atoms with Crippen molar-refractivity contribution in [2.24, 2.45) is 0 Å². The van der Waals surface area contributed by atoms with Crippen LogP contribution in [0.4, 0.5) is 0 Å². The molecule has 0 spiro atoms. The van der Waals surface area contributed by atoms with Crippen molar-refractivity contribution in [2.45, 2.75) is 12.3 Å². The first-order valence-electron chi connectivity index (χ1n) is 21.6. The average molecular weight is 791 g/mol. The summed E-state index contributed by atoms with van der Waals surface area (Å²) < 4.78 is 4.97. The lowest BCUT2D eigenvalue weighted by Crippen LogP contribution is -2.08. The average Bonchev–Trinajstić information content (AvgIpc) is 3.87. The van der Waals surface area contributed by atoms with E-state index < -0.39 is 0 Å². The molecule has 0 fully saturated rings. The number of rotatable bonds is 7. The maximum atomic E-state index is 2.52. The Bertz CT molecular complexity index is 3460. The van der Waals surface area contributed by atoms with Crippen molar-refractivity contribution in [3.8, 4) is 39.1 Å². The van der Waals surface area contributed by atoms with Gasteiger partial charge in [-0.25, -0.2) is 0 Å². The lowest BCUT2D eigenvalue weighted by atomic mass is 9.85. The molecule has 0 bridgehead atoms. The van der Waals surface area contributed by atoms with Gasteiger partial charge in [0, 0.05) is 38.8 Å². The summed E-state index contributed by atoms with van der Waals surface area (Å²) in [5.41, 5.74) is 18.4.